The molecule has 0 aliphatic carbocycles. The van der Waals surface area contributed by atoms with E-state index in [1.54, 1.807) is 0 Å². The van der Waals surface area contributed by atoms with Crippen LogP contribution in [0.3, 0.4) is 0 Å². The Kier molecular flexibility index (Phi) is 2.79. The largest absolute Gasteiger partial charge is 0.370 e. The second-order valence-corrected chi connectivity index (χ2v) is 6.37. The minimum atomic E-state index is -2.82. The molecule has 2 heterocycles. The van der Waals surface area contributed by atoms with Crippen molar-refractivity contribution in [3.8, 4) is 0 Å². The summed E-state index contributed by atoms with van der Waals surface area (Å²) in [6.45, 7) is 3.34. The molecule has 0 aromatic carbocycles. The van der Waals surface area contributed by atoms with Gasteiger partial charge in [-0.1, -0.05) is 0 Å². The normalized spacial score (nSPS) is 38.6. The van der Waals surface area contributed by atoms with Gasteiger partial charge >= 0.3 is 0 Å². The van der Waals surface area contributed by atoms with E-state index in [0.717, 1.165) is 26.3 Å². The van der Waals surface area contributed by atoms with Gasteiger partial charge in [-0.3, -0.25) is 0 Å². The highest BCUT2D eigenvalue weighted by Gasteiger charge is 2.44. The van der Waals surface area contributed by atoms with Crippen LogP contribution < -0.4 is 10.6 Å². The number of rotatable bonds is 1. The smallest absolute Gasteiger partial charge is 0.162 e. The van der Waals surface area contributed by atoms with Crippen molar-refractivity contribution in [2.24, 2.45) is 0 Å². The van der Waals surface area contributed by atoms with Crippen LogP contribution in [0.1, 0.15) is 0 Å². The SMILES string of the molecule is [NH3+]C1CS(=O)(=O)CC1[NH+]1CCOCC1. The summed E-state index contributed by atoms with van der Waals surface area (Å²) < 4.78 is 28.1. The summed E-state index contributed by atoms with van der Waals surface area (Å²) in [5.41, 5.74) is 3.95. The van der Waals surface area contributed by atoms with Crippen LogP contribution in [0.2, 0.25) is 0 Å². The minimum Gasteiger partial charge on any atom is -0.370 e. The van der Waals surface area contributed by atoms with E-state index in [2.05, 4.69) is 5.73 Å². The van der Waals surface area contributed by atoms with Crippen molar-refractivity contribution >= 4 is 9.84 Å². The Morgan fingerprint density at radius 3 is 2.36 bits per heavy atom. The number of quaternary nitrogens is 2. The van der Waals surface area contributed by atoms with Crippen molar-refractivity contribution in [2.75, 3.05) is 37.8 Å². The lowest BCUT2D eigenvalue weighted by atomic mass is 10.1. The lowest BCUT2D eigenvalue weighted by Crippen LogP contribution is -3.20. The fourth-order valence-corrected chi connectivity index (χ4v) is 4.45. The number of nitrogens with one attached hydrogen (secondary N) is 1. The van der Waals surface area contributed by atoms with Gasteiger partial charge in [-0.25, -0.2) is 8.42 Å². The Hall–Kier alpha value is -0.170. The third-order valence-corrected chi connectivity index (χ3v) is 4.93. The lowest BCUT2D eigenvalue weighted by Gasteiger charge is -2.29. The van der Waals surface area contributed by atoms with Crippen LogP contribution >= 0.6 is 0 Å². The molecule has 0 amide bonds. The average Bonchev–Trinajstić information content (AvgIpc) is 2.41. The highest BCUT2D eigenvalue weighted by Crippen LogP contribution is 2.07. The fraction of sp³-hybridized carbons (Fsp3) is 1.00. The standard InChI is InChI=1S/C8H16N2O3S/c9-7-5-14(11,12)6-8(7)10-1-3-13-4-2-10/h7-8H,1-6,9H2/p+2. The molecule has 2 unspecified atom stereocenters. The molecular formula is C8H18N2O3S+2. The maximum Gasteiger partial charge on any atom is 0.162 e. The van der Waals surface area contributed by atoms with Gasteiger partial charge in [-0.2, -0.15) is 0 Å². The topological polar surface area (TPSA) is 75.5 Å². The maximum absolute atomic E-state index is 11.4. The van der Waals surface area contributed by atoms with Crippen molar-refractivity contribution in [1.82, 2.24) is 0 Å². The second-order valence-electron chi connectivity index (χ2n) is 4.21. The Morgan fingerprint density at radius 1 is 1.21 bits per heavy atom. The van der Waals surface area contributed by atoms with E-state index in [4.69, 9.17) is 4.74 Å². The van der Waals surface area contributed by atoms with Crippen LogP contribution in [0.5, 0.6) is 0 Å². The van der Waals surface area contributed by atoms with E-state index in [-0.39, 0.29) is 17.8 Å². The summed E-state index contributed by atoms with van der Waals surface area (Å²) in [5, 5.41) is 0. The third-order valence-electron chi connectivity index (χ3n) is 3.13. The zero-order chi connectivity index (χ0) is 10.2. The first-order valence-corrected chi connectivity index (χ1v) is 6.86. The summed E-state index contributed by atoms with van der Waals surface area (Å²) >= 11 is 0. The molecule has 0 radical (unpaired) electrons. The van der Waals surface area contributed by atoms with Gasteiger partial charge in [0.15, 0.2) is 21.9 Å². The van der Waals surface area contributed by atoms with Crippen molar-refractivity contribution in [3.05, 3.63) is 0 Å². The number of hydrogen-bond donors (Lipinski definition) is 2. The molecule has 6 heteroatoms. The molecule has 0 aromatic rings. The second kappa shape index (κ2) is 3.77. The minimum absolute atomic E-state index is 0.0631. The number of hydrogen-bond acceptors (Lipinski definition) is 3. The highest BCUT2D eigenvalue weighted by atomic mass is 32.2. The molecule has 0 spiro atoms. The van der Waals surface area contributed by atoms with Crippen molar-refractivity contribution < 1.29 is 23.8 Å². The molecule has 82 valence electrons. The Morgan fingerprint density at radius 2 is 1.86 bits per heavy atom. The van der Waals surface area contributed by atoms with Crippen LogP contribution in [-0.2, 0) is 14.6 Å². The Balaban J connectivity index is 2.04. The van der Waals surface area contributed by atoms with Crippen LogP contribution in [0.15, 0.2) is 0 Å². The van der Waals surface area contributed by atoms with E-state index in [0.29, 0.717) is 5.75 Å². The van der Waals surface area contributed by atoms with Gasteiger partial charge in [-0.15, -0.1) is 0 Å². The van der Waals surface area contributed by atoms with E-state index in [1.165, 1.54) is 4.90 Å². The van der Waals surface area contributed by atoms with Crippen LogP contribution in [0.25, 0.3) is 0 Å². The molecular weight excluding hydrogens is 204 g/mol. The van der Waals surface area contributed by atoms with E-state index in [9.17, 15) is 8.42 Å². The molecule has 2 aliphatic rings. The monoisotopic (exact) mass is 222 g/mol. The molecule has 4 N–H and O–H groups in total. The van der Waals surface area contributed by atoms with Gasteiger partial charge in [0.25, 0.3) is 0 Å². The molecule has 0 bridgehead atoms. The van der Waals surface area contributed by atoms with E-state index < -0.39 is 9.84 Å². The lowest BCUT2D eigenvalue weighted by molar-refractivity contribution is -0.938. The van der Waals surface area contributed by atoms with Gasteiger partial charge in [0.1, 0.15) is 24.6 Å². The molecule has 14 heavy (non-hydrogen) atoms. The van der Waals surface area contributed by atoms with Gasteiger partial charge in [-0.05, 0) is 0 Å². The van der Waals surface area contributed by atoms with Crippen LogP contribution in [-0.4, -0.2) is 58.3 Å². The van der Waals surface area contributed by atoms with Gasteiger partial charge in [0.2, 0.25) is 0 Å². The summed E-state index contributed by atoms with van der Waals surface area (Å²) in [6, 6.07) is 0.261. The summed E-state index contributed by atoms with van der Waals surface area (Å²) in [7, 11) is -2.82. The molecule has 0 saturated carbocycles. The highest BCUT2D eigenvalue weighted by molar-refractivity contribution is 7.91. The molecule has 2 atom stereocenters. The van der Waals surface area contributed by atoms with Crippen molar-refractivity contribution in [2.45, 2.75) is 12.1 Å². The predicted molar refractivity (Wildman–Crippen MR) is 50.6 cm³/mol. The van der Waals surface area contributed by atoms with E-state index >= 15 is 0 Å². The predicted octanol–water partition coefficient (Wildman–Crippen LogP) is -3.69. The summed E-state index contributed by atoms with van der Waals surface area (Å²) in [6.07, 6.45) is 0. The fourth-order valence-electron chi connectivity index (χ4n) is 2.38. The molecule has 2 saturated heterocycles. The first-order chi connectivity index (χ1) is 6.58. The number of morpholine rings is 1. The molecule has 5 nitrogen and oxygen atoms in total. The summed E-state index contributed by atoms with van der Waals surface area (Å²) in [5.74, 6) is 0.582. The van der Waals surface area contributed by atoms with Crippen LogP contribution in [0, 0.1) is 0 Å². The quantitative estimate of drug-likeness (QED) is 0.480. The van der Waals surface area contributed by atoms with E-state index in [1.807, 2.05) is 0 Å². The van der Waals surface area contributed by atoms with Crippen molar-refractivity contribution in [3.63, 3.8) is 0 Å². The maximum atomic E-state index is 11.4. The van der Waals surface area contributed by atoms with Crippen LogP contribution in [0.4, 0.5) is 0 Å². The summed E-state index contributed by atoms with van der Waals surface area (Å²) in [4.78, 5) is 1.36. The molecule has 2 aliphatic heterocycles. The molecule has 2 rings (SSSR count). The van der Waals surface area contributed by atoms with Crippen molar-refractivity contribution in [1.29, 1.82) is 0 Å². The number of sulfone groups is 1. The average molecular weight is 222 g/mol. The first kappa shape index (κ1) is 10.4. The van der Waals surface area contributed by atoms with Gasteiger partial charge < -0.3 is 15.4 Å². The zero-order valence-electron chi connectivity index (χ0n) is 8.24. The first-order valence-electron chi connectivity index (χ1n) is 5.04. The van der Waals surface area contributed by atoms with Gasteiger partial charge in [0.05, 0.1) is 13.2 Å². The molecule has 2 fully saturated rings. The third kappa shape index (κ3) is 2.08. The number of ether oxygens (including phenoxy) is 1. The molecule has 0 aromatic heterocycles. The Labute approximate surface area is 84.1 Å². The zero-order valence-corrected chi connectivity index (χ0v) is 9.05. The van der Waals surface area contributed by atoms with Gasteiger partial charge in [0, 0.05) is 0 Å². The Bertz CT molecular complexity index is 298.